The van der Waals surface area contributed by atoms with Gasteiger partial charge in [-0.3, -0.25) is 4.79 Å². The van der Waals surface area contributed by atoms with Gasteiger partial charge in [0.25, 0.3) is 0 Å². The number of hydrogen-bond acceptors (Lipinski definition) is 2. The lowest BCUT2D eigenvalue weighted by Crippen LogP contribution is -2.43. The fraction of sp³-hybridized carbons (Fsp3) is 0.278. The first-order chi connectivity index (χ1) is 10.3. The van der Waals surface area contributed by atoms with E-state index in [4.69, 9.17) is 0 Å². The third-order valence-corrected chi connectivity index (χ3v) is 3.87. The minimum absolute atomic E-state index is 0.130. The minimum atomic E-state index is 0.130. The van der Waals surface area contributed by atoms with E-state index in [0.29, 0.717) is 6.42 Å². The van der Waals surface area contributed by atoms with Gasteiger partial charge in [0, 0.05) is 18.7 Å². The molecule has 108 valence electrons. The number of aryl methyl sites for hydroxylation is 1. The van der Waals surface area contributed by atoms with Crippen LogP contribution in [0.5, 0.6) is 0 Å². The number of hydrogen-bond donors (Lipinski definition) is 2. The van der Waals surface area contributed by atoms with Crippen LogP contribution in [0.2, 0.25) is 0 Å². The molecule has 1 aliphatic rings. The predicted molar refractivity (Wildman–Crippen MR) is 85.3 cm³/mol. The molecular weight excluding hydrogens is 260 g/mol. The van der Waals surface area contributed by atoms with E-state index < -0.39 is 0 Å². The molecule has 0 bridgehead atoms. The summed E-state index contributed by atoms with van der Waals surface area (Å²) in [6, 6.07) is 18.6. The quantitative estimate of drug-likeness (QED) is 0.904. The monoisotopic (exact) mass is 280 g/mol. The van der Waals surface area contributed by atoms with Gasteiger partial charge in [0.05, 0.1) is 6.04 Å². The van der Waals surface area contributed by atoms with Crippen LogP contribution in [0.3, 0.4) is 0 Å². The molecule has 3 heteroatoms. The summed E-state index contributed by atoms with van der Waals surface area (Å²) < 4.78 is 0. The Morgan fingerprint density at radius 2 is 1.86 bits per heavy atom. The number of amides is 1. The van der Waals surface area contributed by atoms with E-state index in [1.807, 2.05) is 30.3 Å². The van der Waals surface area contributed by atoms with Crippen molar-refractivity contribution in [2.45, 2.75) is 25.3 Å². The standard InChI is InChI=1S/C18H20N2O/c21-18(11-10-14-6-2-1-3-7-14)20-16-12-15-8-4-5-9-17(15)19-13-16/h1-9,16,19H,10-13H2,(H,20,21). The fourth-order valence-electron chi connectivity index (χ4n) is 2.75. The summed E-state index contributed by atoms with van der Waals surface area (Å²) >= 11 is 0. The molecule has 1 heterocycles. The van der Waals surface area contributed by atoms with Crippen molar-refractivity contribution in [2.24, 2.45) is 0 Å². The molecule has 0 saturated carbocycles. The van der Waals surface area contributed by atoms with Crippen LogP contribution in [0.1, 0.15) is 17.5 Å². The largest absolute Gasteiger partial charge is 0.383 e. The summed E-state index contributed by atoms with van der Waals surface area (Å²) in [5.74, 6) is 0.130. The first kappa shape index (κ1) is 13.7. The van der Waals surface area contributed by atoms with Crippen LogP contribution >= 0.6 is 0 Å². The van der Waals surface area contributed by atoms with Gasteiger partial charge in [-0.2, -0.15) is 0 Å². The highest BCUT2D eigenvalue weighted by molar-refractivity contribution is 5.76. The van der Waals surface area contributed by atoms with Crippen LogP contribution in [0.4, 0.5) is 5.69 Å². The Balaban J connectivity index is 1.50. The van der Waals surface area contributed by atoms with Gasteiger partial charge in [0.2, 0.25) is 5.91 Å². The van der Waals surface area contributed by atoms with Gasteiger partial charge in [-0.1, -0.05) is 48.5 Å². The third kappa shape index (κ3) is 3.63. The van der Waals surface area contributed by atoms with Gasteiger partial charge in [-0.05, 0) is 30.0 Å². The Morgan fingerprint density at radius 1 is 1.10 bits per heavy atom. The summed E-state index contributed by atoms with van der Waals surface area (Å²) in [6.45, 7) is 0.800. The first-order valence-electron chi connectivity index (χ1n) is 7.46. The Bertz CT molecular complexity index is 610. The molecule has 3 nitrogen and oxygen atoms in total. The average molecular weight is 280 g/mol. The molecule has 2 aromatic rings. The van der Waals surface area contributed by atoms with E-state index in [0.717, 1.165) is 19.4 Å². The number of para-hydroxylation sites is 1. The molecule has 1 amide bonds. The molecule has 0 spiro atoms. The van der Waals surface area contributed by atoms with E-state index in [2.05, 4.69) is 34.9 Å². The molecule has 2 aromatic carbocycles. The maximum Gasteiger partial charge on any atom is 0.220 e. The number of nitrogens with one attached hydrogen (secondary N) is 2. The van der Waals surface area contributed by atoms with E-state index in [9.17, 15) is 4.79 Å². The molecule has 0 aromatic heterocycles. The lowest BCUT2D eigenvalue weighted by Gasteiger charge is -2.26. The molecule has 3 rings (SSSR count). The third-order valence-electron chi connectivity index (χ3n) is 3.87. The molecule has 0 aliphatic carbocycles. The van der Waals surface area contributed by atoms with E-state index >= 15 is 0 Å². The van der Waals surface area contributed by atoms with Crippen molar-refractivity contribution in [3.05, 3.63) is 65.7 Å². The van der Waals surface area contributed by atoms with Crippen molar-refractivity contribution in [1.29, 1.82) is 0 Å². The highest BCUT2D eigenvalue weighted by Gasteiger charge is 2.19. The molecule has 0 saturated heterocycles. The van der Waals surface area contributed by atoms with Gasteiger partial charge in [0.1, 0.15) is 0 Å². The van der Waals surface area contributed by atoms with Gasteiger partial charge in [-0.15, -0.1) is 0 Å². The van der Waals surface area contributed by atoms with Crippen LogP contribution in [0.15, 0.2) is 54.6 Å². The lowest BCUT2D eigenvalue weighted by atomic mass is 9.99. The highest BCUT2D eigenvalue weighted by Crippen LogP contribution is 2.21. The van der Waals surface area contributed by atoms with Crippen molar-refractivity contribution in [1.82, 2.24) is 5.32 Å². The first-order valence-corrected chi connectivity index (χ1v) is 7.46. The second-order valence-corrected chi connectivity index (χ2v) is 5.49. The van der Waals surface area contributed by atoms with Crippen molar-refractivity contribution in [3.63, 3.8) is 0 Å². The van der Waals surface area contributed by atoms with E-state index in [-0.39, 0.29) is 11.9 Å². The molecule has 1 unspecified atom stereocenters. The number of carbonyl (C=O) groups is 1. The SMILES string of the molecule is O=C(CCc1ccccc1)NC1CNc2ccccc2C1. The van der Waals surface area contributed by atoms with Crippen LogP contribution in [-0.4, -0.2) is 18.5 Å². The van der Waals surface area contributed by atoms with Gasteiger partial charge in [0.15, 0.2) is 0 Å². The van der Waals surface area contributed by atoms with Crippen molar-refractivity contribution in [3.8, 4) is 0 Å². The van der Waals surface area contributed by atoms with Gasteiger partial charge < -0.3 is 10.6 Å². The number of fused-ring (bicyclic) bond motifs is 1. The normalized spacial score (nSPS) is 16.7. The van der Waals surface area contributed by atoms with Crippen LogP contribution in [-0.2, 0) is 17.6 Å². The molecule has 1 atom stereocenters. The zero-order chi connectivity index (χ0) is 14.5. The number of carbonyl (C=O) groups excluding carboxylic acids is 1. The van der Waals surface area contributed by atoms with Crippen LogP contribution < -0.4 is 10.6 Å². The maximum absolute atomic E-state index is 12.1. The average Bonchev–Trinajstić information content (AvgIpc) is 2.54. The van der Waals surface area contributed by atoms with Crippen molar-refractivity contribution >= 4 is 11.6 Å². The van der Waals surface area contributed by atoms with E-state index in [1.165, 1.54) is 16.8 Å². The Morgan fingerprint density at radius 3 is 2.71 bits per heavy atom. The summed E-state index contributed by atoms with van der Waals surface area (Å²) in [5.41, 5.74) is 3.67. The Labute approximate surface area is 125 Å². The minimum Gasteiger partial charge on any atom is -0.383 e. The highest BCUT2D eigenvalue weighted by atomic mass is 16.1. The maximum atomic E-state index is 12.1. The van der Waals surface area contributed by atoms with Gasteiger partial charge in [-0.25, -0.2) is 0 Å². The zero-order valence-electron chi connectivity index (χ0n) is 12.0. The van der Waals surface area contributed by atoms with Gasteiger partial charge >= 0.3 is 0 Å². The van der Waals surface area contributed by atoms with Crippen molar-refractivity contribution < 1.29 is 4.79 Å². The Kier molecular flexibility index (Phi) is 4.20. The summed E-state index contributed by atoms with van der Waals surface area (Å²) in [6.07, 6.45) is 2.24. The summed E-state index contributed by atoms with van der Waals surface area (Å²) in [7, 11) is 0. The molecule has 21 heavy (non-hydrogen) atoms. The number of anilines is 1. The summed E-state index contributed by atoms with van der Waals surface area (Å²) in [4.78, 5) is 12.1. The smallest absolute Gasteiger partial charge is 0.220 e. The molecule has 2 N–H and O–H groups in total. The molecule has 0 radical (unpaired) electrons. The molecule has 1 aliphatic heterocycles. The molecular formula is C18H20N2O. The number of benzene rings is 2. The Hall–Kier alpha value is -2.29. The number of rotatable bonds is 4. The van der Waals surface area contributed by atoms with E-state index in [1.54, 1.807) is 0 Å². The van der Waals surface area contributed by atoms with Crippen LogP contribution in [0, 0.1) is 0 Å². The lowest BCUT2D eigenvalue weighted by molar-refractivity contribution is -0.121. The second kappa shape index (κ2) is 6.44. The molecule has 0 fully saturated rings. The second-order valence-electron chi connectivity index (χ2n) is 5.49. The van der Waals surface area contributed by atoms with Crippen molar-refractivity contribution in [2.75, 3.05) is 11.9 Å². The van der Waals surface area contributed by atoms with Crippen LogP contribution in [0.25, 0.3) is 0 Å². The zero-order valence-corrected chi connectivity index (χ0v) is 12.0. The summed E-state index contributed by atoms with van der Waals surface area (Å²) in [5, 5.41) is 6.51. The fourth-order valence-corrected chi connectivity index (χ4v) is 2.75. The predicted octanol–water partition coefficient (Wildman–Crippen LogP) is 2.77. The topological polar surface area (TPSA) is 41.1 Å².